The van der Waals surface area contributed by atoms with Crippen molar-refractivity contribution in [2.24, 2.45) is 5.73 Å². The van der Waals surface area contributed by atoms with E-state index in [0.717, 1.165) is 12.8 Å². The maximum atomic E-state index is 15.1. The minimum Gasteiger partial charge on any atom is -0.467 e. The van der Waals surface area contributed by atoms with Crippen LogP contribution in [0.15, 0.2) is 48.5 Å². The molecule has 3 aromatic rings. The zero-order valence-electron chi connectivity index (χ0n) is 21.2. The van der Waals surface area contributed by atoms with E-state index in [1.54, 1.807) is 43.1 Å². The van der Waals surface area contributed by atoms with Gasteiger partial charge in [-0.2, -0.15) is 5.48 Å². The largest absolute Gasteiger partial charge is 1.00 e. The van der Waals surface area contributed by atoms with E-state index in [1.165, 1.54) is 6.07 Å². The molecule has 36 heavy (non-hydrogen) atoms. The normalized spacial score (nSPS) is 15.6. The standard InChI is InChI=1S/C22H24FN6O2.C2H6.K.H2OS/c1-26-22-19(21(24)25)20(27-29(22)14-10-13(11-14)28-30-2)17-9-8-16(12-18(17)23)31-15-6-4-3-5-7-15;1-2;;1-2/h3-9,12-14,28H,10-11H2,1-2H3,(H3,24,25);1-2H3;;1-2H/q-1;;+1;. The second kappa shape index (κ2) is 16.4. The number of nitrogens with two attached hydrogens (primary N) is 1. The molecule has 12 heteroatoms. The number of para-hydroxylation sites is 1. The number of thiol groups is 1. The van der Waals surface area contributed by atoms with E-state index in [-0.39, 0.29) is 74.9 Å². The monoisotopic (exact) mass is 542 g/mol. The van der Waals surface area contributed by atoms with Gasteiger partial charge in [-0.05, 0) is 61.9 Å². The van der Waals surface area contributed by atoms with Gasteiger partial charge < -0.3 is 29.9 Å². The van der Waals surface area contributed by atoms with Gasteiger partial charge in [0, 0.05) is 23.2 Å². The molecule has 1 aliphatic rings. The molecule has 0 radical (unpaired) electrons. The number of aromatic nitrogens is 2. The van der Waals surface area contributed by atoms with Crippen LogP contribution in [-0.4, -0.2) is 40.4 Å². The van der Waals surface area contributed by atoms with Crippen LogP contribution in [0.4, 0.5) is 10.2 Å². The van der Waals surface area contributed by atoms with Crippen molar-refractivity contribution in [3.8, 4) is 22.8 Å². The summed E-state index contributed by atoms with van der Waals surface area (Å²) in [5, 5.41) is 17.0. The van der Waals surface area contributed by atoms with Gasteiger partial charge in [0.15, 0.2) is 0 Å². The third-order valence-corrected chi connectivity index (χ3v) is 5.28. The second-order valence-electron chi connectivity index (χ2n) is 7.33. The van der Waals surface area contributed by atoms with Gasteiger partial charge in [0.05, 0.1) is 12.8 Å². The van der Waals surface area contributed by atoms with Crippen LogP contribution in [-0.2, 0) is 4.84 Å². The number of rotatable bonds is 8. The number of hydroxylamine groups is 1. The van der Waals surface area contributed by atoms with Crippen molar-refractivity contribution >= 4 is 24.6 Å². The Morgan fingerprint density at radius 1 is 1.19 bits per heavy atom. The van der Waals surface area contributed by atoms with Crippen LogP contribution < -0.4 is 67.3 Å². The summed E-state index contributed by atoms with van der Waals surface area (Å²) in [7, 11) is 3.19. The Morgan fingerprint density at radius 3 is 2.36 bits per heavy atom. The topological polar surface area (TPSA) is 133 Å². The molecule has 1 saturated carbocycles. The summed E-state index contributed by atoms with van der Waals surface area (Å²) < 4.78 is 29.2. The number of nitrogen functional groups attached to an aromatic ring is 1. The van der Waals surface area contributed by atoms with Crippen LogP contribution in [0.25, 0.3) is 16.6 Å². The van der Waals surface area contributed by atoms with Crippen molar-refractivity contribution in [1.82, 2.24) is 15.3 Å². The first-order valence-electron chi connectivity index (χ1n) is 11.1. The minimum atomic E-state index is -0.518. The molecule has 1 aliphatic carbocycles. The molecule has 1 aromatic heterocycles. The Balaban J connectivity index is 0.00000123. The fourth-order valence-electron chi connectivity index (χ4n) is 3.76. The molecule has 0 atom stereocenters. The molecule has 0 bridgehead atoms. The van der Waals surface area contributed by atoms with E-state index < -0.39 is 5.82 Å². The smallest absolute Gasteiger partial charge is 0.467 e. The maximum absolute atomic E-state index is 15.1. The van der Waals surface area contributed by atoms with Crippen molar-refractivity contribution in [3.63, 3.8) is 0 Å². The molecule has 190 valence electrons. The molecular formula is C24H32FKN6O3S. The number of hydrogen-bond donors (Lipinski definition) is 5. The van der Waals surface area contributed by atoms with E-state index in [1.807, 2.05) is 32.0 Å². The quantitative estimate of drug-likeness (QED) is 0.0743. The average molecular weight is 543 g/mol. The van der Waals surface area contributed by atoms with E-state index in [9.17, 15) is 0 Å². The molecule has 0 unspecified atom stereocenters. The molecule has 2 aromatic carbocycles. The van der Waals surface area contributed by atoms with Gasteiger partial charge in [-0.1, -0.05) is 39.1 Å². The van der Waals surface area contributed by atoms with Gasteiger partial charge in [-0.3, -0.25) is 10.5 Å². The Hall–Kier alpha value is -1.48. The minimum absolute atomic E-state index is 0. The van der Waals surface area contributed by atoms with E-state index in [4.69, 9.17) is 25.3 Å². The third-order valence-electron chi connectivity index (χ3n) is 5.28. The summed E-state index contributed by atoms with van der Waals surface area (Å²) in [5.41, 5.74) is 9.62. The molecule has 4 rings (SSSR count). The maximum Gasteiger partial charge on any atom is 1.00 e. The Morgan fingerprint density at radius 2 is 1.83 bits per heavy atom. The number of benzene rings is 2. The van der Waals surface area contributed by atoms with Gasteiger partial charge in [-0.25, -0.2) is 4.39 Å². The molecule has 0 amide bonds. The average Bonchev–Trinajstić information content (AvgIpc) is 3.23. The number of nitrogens with one attached hydrogen (secondary N) is 2. The van der Waals surface area contributed by atoms with Crippen LogP contribution in [0.1, 0.15) is 38.3 Å². The van der Waals surface area contributed by atoms with Crippen LogP contribution >= 0.6 is 12.9 Å². The summed E-state index contributed by atoms with van der Waals surface area (Å²) in [6.07, 6.45) is 1.56. The molecule has 0 saturated heterocycles. The first-order valence-corrected chi connectivity index (χ1v) is 11.5. The zero-order chi connectivity index (χ0) is 26.0. The molecule has 0 spiro atoms. The van der Waals surface area contributed by atoms with Crippen molar-refractivity contribution in [2.75, 3.05) is 14.2 Å². The molecule has 9 nitrogen and oxygen atoms in total. The Bertz CT molecular complexity index is 1100. The SMILES string of the molecule is CC.C[N-]c1c(C(=N)N)c(-c2ccc(Oc3ccccc3)cc2F)nn1C1CC(NOC)C1.OS.[K+]. The number of ether oxygens (including phenoxy) is 1. The fourth-order valence-corrected chi connectivity index (χ4v) is 3.76. The van der Waals surface area contributed by atoms with Crippen LogP contribution in [0.5, 0.6) is 11.5 Å². The van der Waals surface area contributed by atoms with E-state index in [2.05, 4.69) is 28.8 Å². The number of hydrogen-bond acceptors (Lipinski definition) is 7. The molecular weight excluding hydrogens is 510 g/mol. The van der Waals surface area contributed by atoms with Crippen molar-refractivity contribution < 1.29 is 69.9 Å². The molecule has 5 N–H and O–H groups in total. The van der Waals surface area contributed by atoms with Gasteiger partial charge in [0.25, 0.3) is 0 Å². The van der Waals surface area contributed by atoms with Gasteiger partial charge >= 0.3 is 51.4 Å². The van der Waals surface area contributed by atoms with Crippen molar-refractivity contribution in [3.05, 3.63) is 65.2 Å². The first kappa shape index (κ1) is 32.5. The summed E-state index contributed by atoms with van der Waals surface area (Å²) in [5.74, 6) is 0.712. The predicted molar refractivity (Wildman–Crippen MR) is 139 cm³/mol. The number of halogens is 1. The number of nitrogens with zero attached hydrogens (tertiary/aromatic N) is 3. The molecule has 1 heterocycles. The second-order valence-corrected chi connectivity index (χ2v) is 7.33. The summed E-state index contributed by atoms with van der Waals surface area (Å²) >= 11 is 2.53. The summed E-state index contributed by atoms with van der Waals surface area (Å²) in [6, 6.07) is 14.0. The van der Waals surface area contributed by atoms with Crippen LogP contribution in [0, 0.1) is 11.2 Å². The van der Waals surface area contributed by atoms with Crippen LogP contribution in [0.3, 0.4) is 0 Å². The molecule has 0 aliphatic heterocycles. The molecule has 1 fully saturated rings. The van der Waals surface area contributed by atoms with E-state index in [0.29, 0.717) is 28.6 Å². The first-order chi connectivity index (χ1) is 17.0. The Kier molecular flexibility index (Phi) is 14.8. The van der Waals surface area contributed by atoms with Crippen molar-refractivity contribution in [1.29, 1.82) is 5.41 Å². The van der Waals surface area contributed by atoms with Gasteiger partial charge in [0.2, 0.25) is 0 Å². The van der Waals surface area contributed by atoms with E-state index >= 15 is 4.39 Å². The van der Waals surface area contributed by atoms with Crippen molar-refractivity contribution in [2.45, 2.75) is 38.8 Å². The predicted octanol–water partition coefficient (Wildman–Crippen LogP) is 2.67. The van der Waals surface area contributed by atoms with Gasteiger partial charge in [0.1, 0.15) is 23.2 Å². The fraction of sp³-hybridized carbons (Fsp3) is 0.333. The third kappa shape index (κ3) is 7.76. The summed E-state index contributed by atoms with van der Waals surface area (Å²) in [4.78, 5) is 4.97. The Labute approximate surface area is 259 Å². The van der Waals surface area contributed by atoms with Gasteiger partial charge in [-0.15, -0.1) is 0 Å². The summed E-state index contributed by atoms with van der Waals surface area (Å²) in [6.45, 7) is 4.00. The number of amidine groups is 1. The van der Waals surface area contributed by atoms with Crippen LogP contribution in [0.2, 0.25) is 0 Å². The zero-order valence-corrected chi connectivity index (χ0v) is 25.2.